The SMILES string of the molecule is CCCOc1ccc(-c2nc(-c3nc(CC(C)NC)no3)cs2)cc1. The molecule has 0 bridgehead atoms. The van der Waals surface area contributed by atoms with Gasteiger partial charge in [0.05, 0.1) is 6.61 Å². The van der Waals surface area contributed by atoms with Gasteiger partial charge in [0.25, 0.3) is 5.89 Å². The molecule has 0 aliphatic carbocycles. The predicted octanol–water partition coefficient (Wildman–Crippen LogP) is 3.80. The minimum absolute atomic E-state index is 0.296. The lowest BCUT2D eigenvalue weighted by atomic mass is 10.2. The number of nitrogens with one attached hydrogen (secondary N) is 1. The van der Waals surface area contributed by atoms with Gasteiger partial charge in [-0.2, -0.15) is 4.98 Å². The van der Waals surface area contributed by atoms with E-state index in [1.807, 2.05) is 36.7 Å². The van der Waals surface area contributed by atoms with E-state index in [0.29, 0.717) is 23.5 Å². The van der Waals surface area contributed by atoms with Crippen LogP contribution in [0.5, 0.6) is 5.75 Å². The second-order valence-corrected chi connectivity index (χ2v) is 6.68. The number of thiazole rings is 1. The summed E-state index contributed by atoms with van der Waals surface area (Å²) in [5, 5.41) is 10.0. The van der Waals surface area contributed by atoms with Gasteiger partial charge in [0.15, 0.2) is 5.82 Å². The Morgan fingerprint density at radius 3 is 2.76 bits per heavy atom. The highest BCUT2D eigenvalue weighted by Gasteiger charge is 2.14. The van der Waals surface area contributed by atoms with Crippen LogP contribution in [0.4, 0.5) is 0 Å². The zero-order valence-electron chi connectivity index (χ0n) is 14.7. The highest BCUT2D eigenvalue weighted by atomic mass is 32.1. The average Bonchev–Trinajstić information content (AvgIpc) is 3.29. The van der Waals surface area contributed by atoms with Crippen molar-refractivity contribution in [1.82, 2.24) is 20.4 Å². The molecule has 7 heteroatoms. The van der Waals surface area contributed by atoms with Crippen LogP contribution in [0, 0.1) is 0 Å². The Morgan fingerprint density at radius 1 is 1.24 bits per heavy atom. The molecule has 132 valence electrons. The summed E-state index contributed by atoms with van der Waals surface area (Å²) in [7, 11) is 1.91. The molecule has 6 nitrogen and oxygen atoms in total. The number of likely N-dealkylation sites (N-methyl/N-ethyl adjacent to an activating group) is 1. The molecule has 1 unspecified atom stereocenters. The molecule has 2 aromatic heterocycles. The molecule has 0 spiro atoms. The van der Waals surface area contributed by atoms with Crippen LogP contribution in [-0.2, 0) is 6.42 Å². The standard InChI is InChI=1S/C18H22N4O2S/c1-4-9-23-14-7-5-13(6-8-14)18-20-15(11-25-18)17-21-16(22-24-17)10-12(2)19-3/h5-8,11-12,19H,4,9-10H2,1-3H3. The van der Waals surface area contributed by atoms with Gasteiger partial charge in [-0.1, -0.05) is 12.1 Å². The molecule has 25 heavy (non-hydrogen) atoms. The maximum atomic E-state index is 5.61. The topological polar surface area (TPSA) is 73.1 Å². The molecule has 1 atom stereocenters. The Labute approximate surface area is 151 Å². The Bertz CT molecular complexity index is 798. The van der Waals surface area contributed by atoms with Crippen LogP contribution in [0.25, 0.3) is 22.2 Å². The first-order valence-corrected chi connectivity index (χ1v) is 9.26. The van der Waals surface area contributed by atoms with Crippen molar-refractivity contribution in [2.75, 3.05) is 13.7 Å². The van der Waals surface area contributed by atoms with Crippen molar-refractivity contribution in [3.63, 3.8) is 0 Å². The molecule has 0 amide bonds. The number of nitrogens with zero attached hydrogens (tertiary/aromatic N) is 3. The van der Waals surface area contributed by atoms with E-state index in [9.17, 15) is 0 Å². The highest BCUT2D eigenvalue weighted by Crippen LogP contribution is 2.29. The van der Waals surface area contributed by atoms with Crippen molar-refractivity contribution in [1.29, 1.82) is 0 Å². The molecule has 0 aliphatic rings. The van der Waals surface area contributed by atoms with Crippen LogP contribution < -0.4 is 10.1 Å². The summed E-state index contributed by atoms with van der Waals surface area (Å²) in [6.45, 7) is 4.89. The summed E-state index contributed by atoms with van der Waals surface area (Å²) in [5.41, 5.74) is 1.76. The van der Waals surface area contributed by atoms with Gasteiger partial charge < -0.3 is 14.6 Å². The first-order chi connectivity index (χ1) is 12.2. The number of hydrogen-bond donors (Lipinski definition) is 1. The Hall–Kier alpha value is -2.25. The monoisotopic (exact) mass is 358 g/mol. The Morgan fingerprint density at radius 2 is 2.04 bits per heavy atom. The normalized spacial score (nSPS) is 12.3. The third-order valence-electron chi connectivity index (χ3n) is 3.75. The molecule has 1 N–H and O–H groups in total. The minimum Gasteiger partial charge on any atom is -0.494 e. The molecule has 0 aliphatic heterocycles. The maximum absolute atomic E-state index is 5.61. The van der Waals surface area contributed by atoms with Gasteiger partial charge in [-0.05, 0) is 44.7 Å². The summed E-state index contributed by atoms with van der Waals surface area (Å²) in [6.07, 6.45) is 1.72. The third-order valence-corrected chi connectivity index (χ3v) is 4.64. The zero-order chi connectivity index (χ0) is 17.6. The van der Waals surface area contributed by atoms with Gasteiger partial charge in [0.2, 0.25) is 0 Å². The minimum atomic E-state index is 0.296. The molecule has 0 fully saturated rings. The van der Waals surface area contributed by atoms with Crippen LogP contribution in [0.15, 0.2) is 34.2 Å². The first kappa shape index (κ1) is 17.6. The quantitative estimate of drug-likeness (QED) is 0.660. The summed E-state index contributed by atoms with van der Waals surface area (Å²) in [5.74, 6) is 2.02. The van der Waals surface area contributed by atoms with Crippen molar-refractivity contribution < 1.29 is 9.26 Å². The second-order valence-electron chi connectivity index (χ2n) is 5.82. The van der Waals surface area contributed by atoms with E-state index in [-0.39, 0.29) is 0 Å². The van der Waals surface area contributed by atoms with Crippen molar-refractivity contribution in [3.8, 4) is 27.9 Å². The van der Waals surface area contributed by atoms with Crippen LogP contribution in [-0.4, -0.2) is 34.8 Å². The van der Waals surface area contributed by atoms with Crippen LogP contribution in [0.2, 0.25) is 0 Å². The number of hydrogen-bond acceptors (Lipinski definition) is 7. The predicted molar refractivity (Wildman–Crippen MR) is 98.9 cm³/mol. The van der Waals surface area contributed by atoms with Crippen molar-refractivity contribution >= 4 is 11.3 Å². The fraction of sp³-hybridized carbons (Fsp3) is 0.389. The number of rotatable bonds is 8. The largest absolute Gasteiger partial charge is 0.494 e. The Kier molecular flexibility index (Phi) is 5.78. The van der Waals surface area contributed by atoms with Crippen molar-refractivity contribution in [3.05, 3.63) is 35.5 Å². The molecule has 1 aromatic carbocycles. The molecule has 2 heterocycles. The van der Waals surface area contributed by atoms with Gasteiger partial charge in [0, 0.05) is 23.4 Å². The maximum Gasteiger partial charge on any atom is 0.277 e. The molecule has 0 radical (unpaired) electrons. The van der Waals surface area contributed by atoms with E-state index >= 15 is 0 Å². The van der Waals surface area contributed by atoms with Crippen LogP contribution in [0.3, 0.4) is 0 Å². The first-order valence-electron chi connectivity index (χ1n) is 8.38. The Balaban J connectivity index is 1.72. The van der Waals surface area contributed by atoms with E-state index in [1.54, 1.807) is 11.3 Å². The van der Waals surface area contributed by atoms with Crippen LogP contribution >= 0.6 is 11.3 Å². The number of aromatic nitrogens is 3. The van der Waals surface area contributed by atoms with Gasteiger partial charge in [0.1, 0.15) is 16.5 Å². The van der Waals surface area contributed by atoms with E-state index < -0.39 is 0 Å². The van der Waals surface area contributed by atoms with E-state index in [4.69, 9.17) is 9.26 Å². The van der Waals surface area contributed by atoms with Gasteiger partial charge in [-0.15, -0.1) is 11.3 Å². The van der Waals surface area contributed by atoms with E-state index in [0.717, 1.165) is 35.8 Å². The smallest absolute Gasteiger partial charge is 0.277 e. The van der Waals surface area contributed by atoms with Crippen LogP contribution in [0.1, 0.15) is 26.1 Å². The second kappa shape index (κ2) is 8.22. The zero-order valence-corrected chi connectivity index (χ0v) is 15.5. The fourth-order valence-corrected chi connectivity index (χ4v) is 3.04. The average molecular weight is 358 g/mol. The molecule has 3 aromatic rings. The molecular formula is C18H22N4O2S. The lowest BCUT2D eigenvalue weighted by Crippen LogP contribution is -2.24. The molecule has 0 saturated carbocycles. The number of ether oxygens (including phenoxy) is 1. The molecular weight excluding hydrogens is 336 g/mol. The summed E-state index contributed by atoms with van der Waals surface area (Å²) < 4.78 is 11.0. The van der Waals surface area contributed by atoms with Gasteiger partial charge >= 0.3 is 0 Å². The highest BCUT2D eigenvalue weighted by molar-refractivity contribution is 7.13. The summed E-state index contributed by atoms with van der Waals surface area (Å²) in [4.78, 5) is 9.05. The molecule has 3 rings (SSSR count). The van der Waals surface area contributed by atoms with E-state index in [2.05, 4.69) is 34.3 Å². The van der Waals surface area contributed by atoms with E-state index in [1.165, 1.54) is 0 Å². The van der Waals surface area contributed by atoms with Crippen molar-refractivity contribution in [2.24, 2.45) is 0 Å². The van der Waals surface area contributed by atoms with Gasteiger partial charge in [-0.3, -0.25) is 0 Å². The lowest BCUT2D eigenvalue weighted by molar-refractivity contribution is 0.317. The fourth-order valence-electron chi connectivity index (χ4n) is 2.24. The van der Waals surface area contributed by atoms with Crippen molar-refractivity contribution in [2.45, 2.75) is 32.7 Å². The lowest BCUT2D eigenvalue weighted by Gasteiger charge is -2.04. The number of benzene rings is 1. The summed E-state index contributed by atoms with van der Waals surface area (Å²) >= 11 is 1.56. The molecule has 0 saturated heterocycles. The third kappa shape index (κ3) is 4.43. The summed E-state index contributed by atoms with van der Waals surface area (Å²) in [6, 6.07) is 8.26. The van der Waals surface area contributed by atoms with Gasteiger partial charge in [-0.25, -0.2) is 4.98 Å².